The summed E-state index contributed by atoms with van der Waals surface area (Å²) in [5.74, 6) is -1.37. The molecule has 0 aliphatic carbocycles. The Bertz CT molecular complexity index is 349. The largest absolute Gasteiger partial charge is 0.368 e. The molecule has 0 aliphatic heterocycles. The molecule has 3 N–H and O–H groups in total. The zero-order chi connectivity index (χ0) is 15.1. The molecule has 0 bridgehead atoms. The van der Waals surface area contributed by atoms with Crippen LogP contribution in [0.4, 0.5) is 0 Å². The average Bonchev–Trinajstić information content (AvgIpc) is 2.25. The van der Waals surface area contributed by atoms with Gasteiger partial charge in [-0.3, -0.25) is 14.2 Å². The number of nitrogens with one attached hydrogen (secondary N) is 1. The topological polar surface area (TPSA) is 108 Å². The van der Waals surface area contributed by atoms with E-state index in [2.05, 4.69) is 5.32 Å². The molecule has 0 aromatic heterocycles. The van der Waals surface area contributed by atoms with Gasteiger partial charge in [-0.25, -0.2) is 0 Å². The lowest BCUT2D eigenvalue weighted by atomic mass is 10.0. The zero-order valence-corrected chi connectivity index (χ0v) is 12.7. The summed E-state index contributed by atoms with van der Waals surface area (Å²) in [5.41, 5.74) is 5.18. The van der Waals surface area contributed by atoms with Crippen LogP contribution in [0.15, 0.2) is 0 Å². The Balaban J connectivity index is 4.65. The van der Waals surface area contributed by atoms with Gasteiger partial charge in [0, 0.05) is 0 Å². The fourth-order valence-electron chi connectivity index (χ4n) is 1.48. The van der Waals surface area contributed by atoms with Crippen LogP contribution in [-0.4, -0.2) is 37.2 Å². The van der Waals surface area contributed by atoms with E-state index in [4.69, 9.17) is 14.8 Å². The van der Waals surface area contributed by atoms with Crippen molar-refractivity contribution in [3.8, 4) is 0 Å². The van der Waals surface area contributed by atoms with Crippen molar-refractivity contribution in [2.24, 2.45) is 11.7 Å². The standard InChI is InChI=1S/C11H23N2O5P/c1-5-17-19(16,18-6-2)7-9(14)13-10(8(3)4)11(12)15/h8,10H,5-7H2,1-4H3,(H2,12,15)(H,13,14)/t10-/m1/s1. The van der Waals surface area contributed by atoms with E-state index in [1.54, 1.807) is 27.7 Å². The van der Waals surface area contributed by atoms with Gasteiger partial charge in [0.1, 0.15) is 12.2 Å². The Kier molecular flexibility index (Phi) is 7.90. The van der Waals surface area contributed by atoms with Gasteiger partial charge in [0.2, 0.25) is 11.8 Å². The number of primary amides is 1. The first-order valence-corrected chi connectivity index (χ1v) is 7.95. The van der Waals surface area contributed by atoms with Gasteiger partial charge in [0.25, 0.3) is 0 Å². The van der Waals surface area contributed by atoms with Gasteiger partial charge < -0.3 is 20.1 Å². The van der Waals surface area contributed by atoms with Crippen molar-refractivity contribution >= 4 is 19.4 Å². The Morgan fingerprint density at radius 1 is 1.21 bits per heavy atom. The fraction of sp³-hybridized carbons (Fsp3) is 0.818. The van der Waals surface area contributed by atoms with E-state index < -0.39 is 31.6 Å². The molecule has 0 saturated heterocycles. The van der Waals surface area contributed by atoms with Crippen LogP contribution >= 0.6 is 7.60 Å². The van der Waals surface area contributed by atoms with Crippen molar-refractivity contribution in [1.29, 1.82) is 0 Å². The van der Waals surface area contributed by atoms with Crippen molar-refractivity contribution in [2.45, 2.75) is 33.7 Å². The summed E-state index contributed by atoms with van der Waals surface area (Å²) in [6, 6.07) is -0.802. The molecule has 0 unspecified atom stereocenters. The minimum Gasteiger partial charge on any atom is -0.368 e. The molecule has 8 heteroatoms. The Morgan fingerprint density at radius 3 is 2.00 bits per heavy atom. The summed E-state index contributed by atoms with van der Waals surface area (Å²) in [4.78, 5) is 22.9. The smallest absolute Gasteiger partial charge is 0.340 e. The van der Waals surface area contributed by atoms with Crippen molar-refractivity contribution in [3.05, 3.63) is 0 Å². The van der Waals surface area contributed by atoms with E-state index in [9.17, 15) is 14.2 Å². The van der Waals surface area contributed by atoms with Crippen LogP contribution in [-0.2, 0) is 23.2 Å². The first-order valence-electron chi connectivity index (χ1n) is 6.22. The highest BCUT2D eigenvalue weighted by Crippen LogP contribution is 2.47. The highest BCUT2D eigenvalue weighted by atomic mass is 31.2. The number of hydrogen-bond acceptors (Lipinski definition) is 5. The number of nitrogens with two attached hydrogens (primary N) is 1. The number of carbonyl (C=O) groups excluding carboxylic acids is 2. The monoisotopic (exact) mass is 294 g/mol. The van der Waals surface area contributed by atoms with Gasteiger partial charge in [0.15, 0.2) is 0 Å². The van der Waals surface area contributed by atoms with Crippen LogP contribution in [0.5, 0.6) is 0 Å². The molecule has 0 aromatic carbocycles. The van der Waals surface area contributed by atoms with Crippen LogP contribution < -0.4 is 11.1 Å². The second-order valence-electron chi connectivity index (χ2n) is 4.30. The molecule has 7 nitrogen and oxygen atoms in total. The van der Waals surface area contributed by atoms with Crippen molar-refractivity contribution in [1.82, 2.24) is 5.32 Å². The molecule has 0 rings (SSSR count). The molecule has 2 amide bonds. The maximum absolute atomic E-state index is 12.1. The molecule has 0 spiro atoms. The Labute approximate surface area is 113 Å². The van der Waals surface area contributed by atoms with E-state index in [1.807, 2.05) is 0 Å². The highest BCUT2D eigenvalue weighted by Gasteiger charge is 2.30. The predicted octanol–water partition coefficient (Wildman–Crippen LogP) is 0.879. The van der Waals surface area contributed by atoms with Gasteiger partial charge in [0.05, 0.1) is 13.2 Å². The number of hydrogen-bond donors (Lipinski definition) is 2. The first-order chi connectivity index (χ1) is 8.75. The lowest BCUT2D eigenvalue weighted by Crippen LogP contribution is -2.48. The molecule has 0 aliphatic rings. The second kappa shape index (κ2) is 8.30. The molecule has 112 valence electrons. The third-order valence-corrected chi connectivity index (χ3v) is 4.26. The molecular formula is C11H23N2O5P. The Morgan fingerprint density at radius 2 is 1.68 bits per heavy atom. The van der Waals surface area contributed by atoms with Crippen LogP contribution in [0.3, 0.4) is 0 Å². The fourth-order valence-corrected chi connectivity index (χ4v) is 2.97. The summed E-state index contributed by atoms with van der Waals surface area (Å²) in [6.45, 7) is 7.16. The lowest BCUT2D eigenvalue weighted by molar-refractivity contribution is -0.127. The molecule has 0 heterocycles. The highest BCUT2D eigenvalue weighted by molar-refractivity contribution is 7.54. The summed E-state index contributed by atoms with van der Waals surface area (Å²) < 4.78 is 22.1. The summed E-state index contributed by atoms with van der Waals surface area (Å²) in [5, 5.41) is 2.44. The minimum atomic E-state index is -3.46. The van der Waals surface area contributed by atoms with E-state index in [1.165, 1.54) is 0 Å². The van der Waals surface area contributed by atoms with E-state index in [-0.39, 0.29) is 19.1 Å². The second-order valence-corrected chi connectivity index (χ2v) is 6.35. The van der Waals surface area contributed by atoms with E-state index in [0.29, 0.717) is 0 Å². The quantitative estimate of drug-likeness (QED) is 0.614. The molecular weight excluding hydrogens is 271 g/mol. The lowest BCUT2D eigenvalue weighted by Gasteiger charge is -2.21. The van der Waals surface area contributed by atoms with Crippen LogP contribution in [0, 0.1) is 5.92 Å². The maximum Gasteiger partial charge on any atom is 0.340 e. The van der Waals surface area contributed by atoms with Gasteiger partial charge in [-0.15, -0.1) is 0 Å². The van der Waals surface area contributed by atoms with E-state index >= 15 is 0 Å². The summed E-state index contributed by atoms with van der Waals surface area (Å²) in [7, 11) is -3.46. The van der Waals surface area contributed by atoms with Gasteiger partial charge in [-0.2, -0.15) is 0 Å². The summed E-state index contributed by atoms with van der Waals surface area (Å²) in [6.07, 6.45) is -0.425. The molecule has 19 heavy (non-hydrogen) atoms. The van der Waals surface area contributed by atoms with Crippen LogP contribution in [0.25, 0.3) is 0 Å². The van der Waals surface area contributed by atoms with E-state index in [0.717, 1.165) is 0 Å². The van der Waals surface area contributed by atoms with Crippen molar-refractivity contribution in [3.63, 3.8) is 0 Å². The van der Waals surface area contributed by atoms with Crippen molar-refractivity contribution in [2.75, 3.05) is 19.4 Å². The molecule has 0 aromatic rings. The third-order valence-electron chi connectivity index (χ3n) is 2.28. The number of amides is 2. The average molecular weight is 294 g/mol. The molecule has 0 radical (unpaired) electrons. The van der Waals surface area contributed by atoms with Crippen LogP contribution in [0.2, 0.25) is 0 Å². The number of carbonyl (C=O) groups is 2. The van der Waals surface area contributed by atoms with Gasteiger partial charge >= 0.3 is 7.60 Å². The normalized spacial score (nSPS) is 13.3. The minimum absolute atomic E-state index is 0.153. The zero-order valence-electron chi connectivity index (χ0n) is 11.8. The van der Waals surface area contributed by atoms with Crippen LogP contribution in [0.1, 0.15) is 27.7 Å². The maximum atomic E-state index is 12.1. The van der Waals surface area contributed by atoms with Gasteiger partial charge in [-0.1, -0.05) is 13.8 Å². The van der Waals surface area contributed by atoms with Gasteiger partial charge in [-0.05, 0) is 19.8 Å². The third kappa shape index (κ3) is 6.71. The number of rotatable bonds is 9. The SMILES string of the molecule is CCOP(=O)(CC(=O)N[C@@H](C(N)=O)C(C)C)OCC. The summed E-state index contributed by atoms with van der Waals surface area (Å²) >= 11 is 0. The predicted molar refractivity (Wildman–Crippen MR) is 71.7 cm³/mol. The first kappa shape index (κ1) is 18.1. The molecule has 0 saturated carbocycles. The molecule has 1 atom stereocenters. The molecule has 0 fully saturated rings. The Hall–Kier alpha value is -0.910. The van der Waals surface area contributed by atoms with Crippen molar-refractivity contribution < 1.29 is 23.2 Å².